The van der Waals surface area contributed by atoms with Gasteiger partial charge in [0.05, 0.1) is 6.54 Å². The molecule has 1 amide bonds. The maximum Gasteiger partial charge on any atom is 0.279 e. The van der Waals surface area contributed by atoms with Gasteiger partial charge in [-0.1, -0.05) is 72.8 Å². The van der Waals surface area contributed by atoms with Crippen LogP contribution in [0.1, 0.15) is 44.1 Å². The predicted molar refractivity (Wildman–Crippen MR) is 131 cm³/mol. The second kappa shape index (κ2) is 9.51. The molecule has 0 radical (unpaired) electrons. The van der Waals surface area contributed by atoms with Crippen LogP contribution < -0.4 is 4.80 Å². The normalized spacial score (nSPS) is 13.5. The summed E-state index contributed by atoms with van der Waals surface area (Å²) in [7, 11) is 0. The van der Waals surface area contributed by atoms with Crippen LogP contribution in [-0.4, -0.2) is 16.3 Å². The molecule has 33 heavy (non-hydrogen) atoms. The van der Waals surface area contributed by atoms with E-state index in [1.807, 2.05) is 65.2 Å². The number of fused-ring (bicyclic) bond motifs is 1. The maximum absolute atomic E-state index is 13.2. The summed E-state index contributed by atoms with van der Waals surface area (Å²) in [4.78, 5) is 32.2. The average Bonchev–Trinajstić information content (AvgIpc) is 3.22. The summed E-state index contributed by atoms with van der Waals surface area (Å²) in [6, 6.07) is 26.9. The molecule has 0 atom stereocenters. The highest BCUT2D eigenvalue weighted by molar-refractivity contribution is 7.09. The van der Waals surface area contributed by atoms with Crippen molar-refractivity contribution in [2.24, 2.45) is 4.99 Å². The second-order valence-electron chi connectivity index (χ2n) is 8.20. The van der Waals surface area contributed by atoms with Gasteiger partial charge in [-0.2, -0.15) is 4.99 Å². The molecule has 0 N–H and O–H groups in total. The van der Waals surface area contributed by atoms with Crippen molar-refractivity contribution in [1.29, 1.82) is 0 Å². The van der Waals surface area contributed by atoms with Crippen LogP contribution in [0.4, 0.5) is 0 Å². The minimum absolute atomic E-state index is 0.0226. The van der Waals surface area contributed by atoms with E-state index in [4.69, 9.17) is 0 Å². The van der Waals surface area contributed by atoms with Crippen LogP contribution in [0.25, 0.3) is 11.1 Å². The van der Waals surface area contributed by atoms with Gasteiger partial charge in [0.2, 0.25) is 0 Å². The fourth-order valence-electron chi connectivity index (χ4n) is 4.23. The van der Waals surface area contributed by atoms with Gasteiger partial charge >= 0.3 is 0 Å². The van der Waals surface area contributed by atoms with E-state index in [9.17, 15) is 9.59 Å². The lowest BCUT2D eigenvalue weighted by atomic mass is 10.0. The minimum atomic E-state index is -0.275. The van der Waals surface area contributed by atoms with Crippen molar-refractivity contribution in [2.45, 2.75) is 32.2 Å². The molecule has 4 nitrogen and oxygen atoms in total. The number of hydrogen-bond donors (Lipinski definition) is 0. The van der Waals surface area contributed by atoms with Crippen molar-refractivity contribution in [1.82, 2.24) is 4.57 Å². The van der Waals surface area contributed by atoms with Gasteiger partial charge in [0.15, 0.2) is 10.6 Å². The SMILES string of the molecule is O=C(Cn1c2c(sc1=NC(=O)c1ccccc1)CCCC2)c1ccc(-c2ccccc2)cc1. The van der Waals surface area contributed by atoms with E-state index < -0.39 is 0 Å². The number of aromatic nitrogens is 1. The minimum Gasteiger partial charge on any atom is -0.313 e. The van der Waals surface area contributed by atoms with Crippen LogP contribution in [0, 0.1) is 0 Å². The highest BCUT2D eigenvalue weighted by Gasteiger charge is 2.20. The van der Waals surface area contributed by atoms with Gasteiger partial charge in [0.25, 0.3) is 5.91 Å². The van der Waals surface area contributed by atoms with E-state index in [1.54, 1.807) is 23.5 Å². The Balaban J connectivity index is 1.45. The summed E-state index contributed by atoms with van der Waals surface area (Å²) in [5.74, 6) is -0.253. The van der Waals surface area contributed by atoms with Crippen molar-refractivity contribution in [3.8, 4) is 11.1 Å². The number of carbonyl (C=O) groups excluding carboxylic acids is 2. The van der Waals surface area contributed by atoms with Crippen molar-refractivity contribution in [3.63, 3.8) is 0 Å². The first-order chi connectivity index (χ1) is 16.2. The fraction of sp³-hybridized carbons (Fsp3) is 0.179. The van der Waals surface area contributed by atoms with Gasteiger partial charge < -0.3 is 4.57 Å². The van der Waals surface area contributed by atoms with Crippen molar-refractivity contribution in [3.05, 3.63) is 111 Å². The van der Waals surface area contributed by atoms with E-state index in [0.717, 1.165) is 42.5 Å². The van der Waals surface area contributed by atoms with Crippen LogP contribution in [0.15, 0.2) is 89.9 Å². The molecule has 5 heteroatoms. The van der Waals surface area contributed by atoms with E-state index in [2.05, 4.69) is 17.1 Å². The average molecular weight is 453 g/mol. The molecule has 5 rings (SSSR count). The number of aryl methyl sites for hydroxylation is 1. The van der Waals surface area contributed by atoms with Crippen LogP contribution in [-0.2, 0) is 19.4 Å². The number of ketones is 1. The lowest BCUT2D eigenvalue weighted by Gasteiger charge is -2.14. The van der Waals surface area contributed by atoms with Gasteiger partial charge in [0.1, 0.15) is 0 Å². The van der Waals surface area contributed by atoms with Gasteiger partial charge in [-0.25, -0.2) is 0 Å². The first kappa shape index (κ1) is 21.3. The zero-order chi connectivity index (χ0) is 22.6. The quantitative estimate of drug-likeness (QED) is 0.364. The molecule has 0 bridgehead atoms. The Morgan fingerprint density at radius 1 is 0.758 bits per heavy atom. The van der Waals surface area contributed by atoms with Gasteiger partial charge in [0, 0.05) is 21.7 Å². The van der Waals surface area contributed by atoms with Gasteiger partial charge in [-0.05, 0) is 48.9 Å². The monoisotopic (exact) mass is 452 g/mol. The van der Waals surface area contributed by atoms with E-state index in [0.29, 0.717) is 15.9 Å². The third kappa shape index (κ3) is 4.64. The van der Waals surface area contributed by atoms with E-state index >= 15 is 0 Å². The number of amides is 1. The third-order valence-corrected chi connectivity index (χ3v) is 7.17. The Labute approximate surface area is 196 Å². The number of benzene rings is 3. The molecular formula is C28H24N2O2S. The van der Waals surface area contributed by atoms with Crippen molar-refractivity contribution < 1.29 is 9.59 Å². The second-order valence-corrected chi connectivity index (χ2v) is 9.26. The topological polar surface area (TPSA) is 51.4 Å². The zero-order valence-electron chi connectivity index (χ0n) is 18.2. The highest BCUT2D eigenvalue weighted by atomic mass is 32.1. The Hall–Kier alpha value is -3.57. The largest absolute Gasteiger partial charge is 0.313 e. The molecule has 1 aliphatic rings. The Bertz CT molecular complexity index is 1350. The molecule has 0 saturated carbocycles. The molecule has 1 aromatic heterocycles. The molecule has 0 aliphatic heterocycles. The Kier molecular flexibility index (Phi) is 6.13. The van der Waals surface area contributed by atoms with Gasteiger partial charge in [-0.15, -0.1) is 11.3 Å². The van der Waals surface area contributed by atoms with Crippen LogP contribution in [0.3, 0.4) is 0 Å². The number of hydrogen-bond acceptors (Lipinski definition) is 3. The number of nitrogens with zero attached hydrogens (tertiary/aromatic N) is 2. The fourth-order valence-corrected chi connectivity index (χ4v) is 5.44. The van der Waals surface area contributed by atoms with Crippen molar-refractivity contribution >= 4 is 23.0 Å². The highest BCUT2D eigenvalue weighted by Crippen LogP contribution is 2.24. The molecular weight excluding hydrogens is 428 g/mol. The van der Waals surface area contributed by atoms with Gasteiger partial charge in [-0.3, -0.25) is 9.59 Å². The van der Waals surface area contributed by atoms with Crippen molar-refractivity contribution in [2.75, 3.05) is 0 Å². The lowest BCUT2D eigenvalue weighted by molar-refractivity contribution is 0.0962. The molecule has 164 valence electrons. The molecule has 0 saturated heterocycles. The summed E-state index contributed by atoms with van der Waals surface area (Å²) >= 11 is 1.55. The maximum atomic E-state index is 13.2. The number of rotatable bonds is 5. The molecule has 3 aromatic carbocycles. The molecule has 0 fully saturated rings. The molecule has 1 aliphatic carbocycles. The van der Waals surface area contributed by atoms with E-state index in [1.165, 1.54) is 4.88 Å². The first-order valence-electron chi connectivity index (χ1n) is 11.2. The molecule has 0 unspecified atom stereocenters. The lowest BCUT2D eigenvalue weighted by Crippen LogP contribution is -2.24. The number of carbonyl (C=O) groups is 2. The molecule has 1 heterocycles. The summed E-state index contributed by atoms with van der Waals surface area (Å²) in [5.41, 5.74) is 4.58. The predicted octanol–water partition coefficient (Wildman–Crippen LogP) is 5.72. The van der Waals surface area contributed by atoms with Crippen LogP contribution in [0.2, 0.25) is 0 Å². The van der Waals surface area contributed by atoms with E-state index in [-0.39, 0.29) is 18.2 Å². The summed E-state index contributed by atoms with van der Waals surface area (Å²) in [5, 5.41) is 0. The van der Waals surface area contributed by atoms with Crippen LogP contribution in [0.5, 0.6) is 0 Å². The number of thiazole rings is 1. The summed E-state index contributed by atoms with van der Waals surface area (Å²) in [6.45, 7) is 0.192. The third-order valence-electron chi connectivity index (χ3n) is 5.99. The molecule has 4 aromatic rings. The van der Waals surface area contributed by atoms with Crippen LogP contribution >= 0.6 is 11.3 Å². The summed E-state index contributed by atoms with van der Waals surface area (Å²) < 4.78 is 1.97. The zero-order valence-corrected chi connectivity index (χ0v) is 19.1. The Morgan fingerprint density at radius 3 is 2.12 bits per heavy atom. The summed E-state index contributed by atoms with van der Waals surface area (Å²) in [6.07, 6.45) is 4.13. The molecule has 0 spiro atoms. The smallest absolute Gasteiger partial charge is 0.279 e. The standard InChI is InChI=1S/C28H24N2O2S/c31-25(22-17-15-21(16-18-22)20-9-3-1-4-10-20)19-30-24-13-7-8-14-26(24)33-28(30)29-27(32)23-11-5-2-6-12-23/h1-6,9-12,15-18H,7-8,13-14,19H2. The first-order valence-corrected chi connectivity index (χ1v) is 12.0. The Morgan fingerprint density at radius 2 is 1.39 bits per heavy atom. The number of Topliss-reactive ketones (excluding diaryl/α,β-unsaturated/α-hetero) is 1.